The highest BCUT2D eigenvalue weighted by Gasteiger charge is 2.25. The Morgan fingerprint density at radius 2 is 1.89 bits per heavy atom. The van der Waals surface area contributed by atoms with Crippen molar-refractivity contribution >= 4 is 21.8 Å². The van der Waals surface area contributed by atoms with E-state index >= 15 is 0 Å². The first-order valence-corrected chi connectivity index (χ1v) is 7.22. The smallest absolute Gasteiger partial charge is 0.253 e. The summed E-state index contributed by atoms with van der Waals surface area (Å²) in [4.78, 5) is 14.6. The van der Waals surface area contributed by atoms with E-state index in [0.717, 1.165) is 25.9 Å². The van der Waals surface area contributed by atoms with Crippen LogP contribution in [0.15, 0.2) is 24.3 Å². The molecule has 1 atom stereocenters. The van der Waals surface area contributed by atoms with E-state index in [1.54, 1.807) is 24.3 Å². The molecule has 2 rings (SSSR count). The standard InChI is InChI=1S/C14H18BrNO2/c1-10(15)11-6-8-16(9-7-11)14(18)12-2-4-13(17)5-3-12/h2-5,10-11,17H,6-9H2,1H3. The first-order chi connectivity index (χ1) is 8.58. The fourth-order valence-electron chi connectivity index (χ4n) is 2.35. The molecule has 0 bridgehead atoms. The molecule has 1 fully saturated rings. The van der Waals surface area contributed by atoms with Gasteiger partial charge < -0.3 is 10.0 Å². The van der Waals surface area contributed by atoms with Gasteiger partial charge in [0.2, 0.25) is 0 Å². The fourth-order valence-corrected chi connectivity index (χ4v) is 2.88. The van der Waals surface area contributed by atoms with Gasteiger partial charge in [-0.15, -0.1) is 0 Å². The lowest BCUT2D eigenvalue weighted by Gasteiger charge is -2.33. The molecule has 3 nitrogen and oxygen atoms in total. The van der Waals surface area contributed by atoms with Gasteiger partial charge in [0, 0.05) is 23.5 Å². The molecular formula is C14H18BrNO2. The van der Waals surface area contributed by atoms with Crippen molar-refractivity contribution in [3.63, 3.8) is 0 Å². The minimum absolute atomic E-state index is 0.0654. The van der Waals surface area contributed by atoms with Gasteiger partial charge in [-0.1, -0.05) is 22.9 Å². The summed E-state index contributed by atoms with van der Waals surface area (Å²) in [6.45, 7) is 3.81. The number of phenolic OH excluding ortho intramolecular Hbond substituents is 1. The summed E-state index contributed by atoms with van der Waals surface area (Å²) in [5.41, 5.74) is 0.651. The third-order valence-corrected chi connectivity index (χ3v) is 4.34. The number of alkyl halides is 1. The molecule has 0 radical (unpaired) electrons. The lowest BCUT2D eigenvalue weighted by atomic mass is 9.94. The number of hydrogen-bond donors (Lipinski definition) is 1. The van der Waals surface area contributed by atoms with Crippen LogP contribution >= 0.6 is 15.9 Å². The maximum Gasteiger partial charge on any atom is 0.253 e. The summed E-state index contributed by atoms with van der Waals surface area (Å²) < 4.78 is 0. The SMILES string of the molecule is CC(Br)C1CCN(C(=O)c2ccc(O)cc2)CC1. The number of amides is 1. The zero-order valence-electron chi connectivity index (χ0n) is 10.5. The fraction of sp³-hybridized carbons (Fsp3) is 0.500. The van der Waals surface area contributed by atoms with Gasteiger partial charge in [0.25, 0.3) is 5.91 Å². The molecule has 1 aromatic carbocycles. The van der Waals surface area contributed by atoms with E-state index in [4.69, 9.17) is 0 Å². The average Bonchev–Trinajstić information content (AvgIpc) is 2.39. The molecule has 0 spiro atoms. The van der Waals surface area contributed by atoms with Crippen LogP contribution in [0.3, 0.4) is 0 Å². The van der Waals surface area contributed by atoms with Crippen molar-refractivity contribution in [1.29, 1.82) is 0 Å². The minimum Gasteiger partial charge on any atom is -0.508 e. The van der Waals surface area contributed by atoms with Gasteiger partial charge >= 0.3 is 0 Å². The Labute approximate surface area is 116 Å². The van der Waals surface area contributed by atoms with Crippen molar-refractivity contribution in [2.75, 3.05) is 13.1 Å². The van der Waals surface area contributed by atoms with E-state index in [1.807, 2.05) is 4.90 Å². The molecule has 1 amide bonds. The zero-order chi connectivity index (χ0) is 13.1. The molecule has 98 valence electrons. The summed E-state index contributed by atoms with van der Waals surface area (Å²) in [6.07, 6.45) is 2.10. The maximum atomic E-state index is 12.2. The van der Waals surface area contributed by atoms with Crippen LogP contribution < -0.4 is 0 Å². The number of carbonyl (C=O) groups is 1. The highest BCUT2D eigenvalue weighted by atomic mass is 79.9. The Bertz CT molecular complexity index is 408. The van der Waals surface area contributed by atoms with E-state index < -0.39 is 0 Å². The number of piperidine rings is 1. The monoisotopic (exact) mass is 311 g/mol. The molecule has 1 unspecified atom stereocenters. The van der Waals surface area contributed by atoms with Crippen LogP contribution in [0.2, 0.25) is 0 Å². The number of carbonyl (C=O) groups excluding carboxylic acids is 1. The van der Waals surface area contributed by atoms with E-state index in [0.29, 0.717) is 16.3 Å². The predicted molar refractivity (Wildman–Crippen MR) is 75.1 cm³/mol. The molecule has 0 saturated carbocycles. The van der Waals surface area contributed by atoms with Gasteiger partial charge in [0.1, 0.15) is 5.75 Å². The molecule has 1 aliphatic heterocycles. The Morgan fingerprint density at radius 3 is 2.39 bits per heavy atom. The summed E-state index contributed by atoms with van der Waals surface area (Å²) in [5, 5.41) is 9.21. The first kappa shape index (κ1) is 13.4. The summed E-state index contributed by atoms with van der Waals surface area (Å²) >= 11 is 3.61. The molecule has 0 aromatic heterocycles. The predicted octanol–water partition coefficient (Wildman–Crippen LogP) is 3.03. The molecule has 1 aliphatic rings. The molecule has 1 saturated heterocycles. The lowest BCUT2D eigenvalue weighted by molar-refractivity contribution is 0.0691. The van der Waals surface area contributed by atoms with Gasteiger partial charge in [0.05, 0.1) is 0 Å². The number of likely N-dealkylation sites (tertiary alicyclic amines) is 1. The first-order valence-electron chi connectivity index (χ1n) is 6.30. The average molecular weight is 312 g/mol. The second-order valence-electron chi connectivity index (χ2n) is 4.85. The van der Waals surface area contributed by atoms with Crippen LogP contribution in [0, 0.1) is 5.92 Å². The van der Waals surface area contributed by atoms with E-state index in [2.05, 4.69) is 22.9 Å². The Morgan fingerprint density at radius 1 is 1.33 bits per heavy atom. The zero-order valence-corrected chi connectivity index (χ0v) is 12.1. The number of nitrogens with zero attached hydrogens (tertiary/aromatic N) is 1. The van der Waals surface area contributed by atoms with E-state index in [9.17, 15) is 9.90 Å². The third kappa shape index (κ3) is 3.05. The van der Waals surface area contributed by atoms with Crippen LogP contribution in [0.25, 0.3) is 0 Å². The second-order valence-corrected chi connectivity index (χ2v) is 6.30. The highest BCUT2D eigenvalue weighted by Crippen LogP contribution is 2.26. The molecule has 1 aromatic rings. The Kier molecular flexibility index (Phi) is 4.27. The van der Waals surface area contributed by atoms with Gasteiger partial charge in [-0.2, -0.15) is 0 Å². The third-order valence-electron chi connectivity index (χ3n) is 3.59. The van der Waals surface area contributed by atoms with Crippen LogP contribution in [-0.4, -0.2) is 33.8 Å². The molecular weight excluding hydrogens is 294 g/mol. The normalized spacial score (nSPS) is 18.7. The van der Waals surface area contributed by atoms with Crippen LogP contribution in [-0.2, 0) is 0 Å². The number of benzene rings is 1. The van der Waals surface area contributed by atoms with Crippen LogP contribution in [0.4, 0.5) is 0 Å². The van der Waals surface area contributed by atoms with Gasteiger partial charge in [0.15, 0.2) is 0 Å². The van der Waals surface area contributed by atoms with Crippen molar-refractivity contribution in [2.24, 2.45) is 5.92 Å². The Hall–Kier alpha value is -1.03. The second kappa shape index (κ2) is 5.74. The van der Waals surface area contributed by atoms with Gasteiger partial charge in [-0.25, -0.2) is 0 Å². The molecule has 1 heterocycles. The summed E-state index contributed by atoms with van der Waals surface area (Å²) in [5.74, 6) is 0.919. The van der Waals surface area contributed by atoms with Crippen molar-refractivity contribution in [3.8, 4) is 5.75 Å². The number of rotatable bonds is 2. The topological polar surface area (TPSA) is 40.5 Å². The van der Waals surface area contributed by atoms with Gasteiger partial charge in [-0.05, 0) is 43.0 Å². The summed E-state index contributed by atoms with van der Waals surface area (Å²) in [7, 11) is 0. The summed E-state index contributed by atoms with van der Waals surface area (Å²) in [6, 6.07) is 6.47. The van der Waals surface area contributed by atoms with Gasteiger partial charge in [-0.3, -0.25) is 4.79 Å². The Balaban J connectivity index is 1.97. The quantitative estimate of drug-likeness (QED) is 0.853. The van der Waals surface area contributed by atoms with Crippen molar-refractivity contribution in [2.45, 2.75) is 24.6 Å². The van der Waals surface area contributed by atoms with E-state index in [1.165, 1.54) is 0 Å². The molecule has 4 heteroatoms. The minimum atomic E-state index is 0.0654. The highest BCUT2D eigenvalue weighted by molar-refractivity contribution is 9.09. The lowest BCUT2D eigenvalue weighted by Crippen LogP contribution is -2.39. The number of halogens is 1. The van der Waals surface area contributed by atoms with Crippen LogP contribution in [0.5, 0.6) is 5.75 Å². The molecule has 1 N–H and O–H groups in total. The van der Waals surface area contributed by atoms with E-state index in [-0.39, 0.29) is 11.7 Å². The largest absolute Gasteiger partial charge is 0.508 e. The number of phenols is 1. The van der Waals surface area contributed by atoms with Crippen LogP contribution in [0.1, 0.15) is 30.1 Å². The van der Waals surface area contributed by atoms with Crippen molar-refractivity contribution in [1.82, 2.24) is 4.90 Å². The molecule has 0 aliphatic carbocycles. The number of hydrogen-bond acceptors (Lipinski definition) is 2. The number of aromatic hydroxyl groups is 1. The maximum absolute atomic E-state index is 12.2. The van der Waals surface area contributed by atoms with Crippen molar-refractivity contribution < 1.29 is 9.90 Å². The molecule has 18 heavy (non-hydrogen) atoms. The van der Waals surface area contributed by atoms with Crippen molar-refractivity contribution in [3.05, 3.63) is 29.8 Å².